The molecule has 0 saturated carbocycles. The fourth-order valence-corrected chi connectivity index (χ4v) is 8.55. The van der Waals surface area contributed by atoms with Crippen molar-refractivity contribution in [1.29, 1.82) is 0 Å². The van der Waals surface area contributed by atoms with E-state index in [-0.39, 0.29) is 0 Å². The summed E-state index contributed by atoms with van der Waals surface area (Å²) >= 11 is 3.77. The molecule has 1 nitrogen and oxygen atoms in total. The highest BCUT2D eigenvalue weighted by Crippen LogP contribution is 2.53. The Morgan fingerprint density at radius 2 is 1.11 bits per heavy atom. The minimum Gasteiger partial charge on any atom is -0.455 e. The van der Waals surface area contributed by atoms with Crippen molar-refractivity contribution in [2.45, 2.75) is 0 Å². The van der Waals surface area contributed by atoms with Crippen molar-refractivity contribution in [2.24, 2.45) is 0 Å². The van der Waals surface area contributed by atoms with E-state index in [0.717, 1.165) is 11.2 Å². The van der Waals surface area contributed by atoms with Gasteiger partial charge in [0.05, 0.1) is 0 Å². The molecule has 0 aliphatic carbocycles. The molecule has 0 bridgehead atoms. The molecule has 9 aromatic rings. The van der Waals surface area contributed by atoms with E-state index in [4.69, 9.17) is 4.42 Å². The lowest BCUT2D eigenvalue weighted by molar-refractivity contribution is 0.673. The Morgan fingerprint density at radius 1 is 0.459 bits per heavy atom. The van der Waals surface area contributed by atoms with Crippen LogP contribution in [-0.2, 0) is 0 Å². The maximum absolute atomic E-state index is 6.78. The van der Waals surface area contributed by atoms with Gasteiger partial charge >= 0.3 is 0 Å². The second kappa shape index (κ2) is 7.19. The summed E-state index contributed by atoms with van der Waals surface area (Å²) < 4.78 is 12.0. The first-order valence-corrected chi connectivity index (χ1v) is 14.1. The molecule has 3 heterocycles. The molecule has 172 valence electrons. The molecular formula is C34H18OS2. The molecule has 37 heavy (non-hydrogen) atoms. The molecule has 9 rings (SSSR count). The molecule has 0 spiro atoms. The Morgan fingerprint density at radius 3 is 1.92 bits per heavy atom. The molecule has 3 aromatic heterocycles. The average molecular weight is 507 g/mol. The zero-order valence-electron chi connectivity index (χ0n) is 19.6. The van der Waals surface area contributed by atoms with E-state index in [1.807, 2.05) is 22.7 Å². The fourth-order valence-electron chi connectivity index (χ4n) is 6.13. The van der Waals surface area contributed by atoms with Crippen LogP contribution in [0.4, 0.5) is 0 Å². The predicted octanol–water partition coefficient (Wildman–Crippen LogP) is 11.1. The summed E-state index contributed by atoms with van der Waals surface area (Å²) in [6.07, 6.45) is 0. The van der Waals surface area contributed by atoms with Crippen LogP contribution in [0.5, 0.6) is 0 Å². The molecule has 0 aliphatic rings. The lowest BCUT2D eigenvalue weighted by Crippen LogP contribution is -1.85. The van der Waals surface area contributed by atoms with Gasteiger partial charge in [-0.15, -0.1) is 22.7 Å². The van der Waals surface area contributed by atoms with Gasteiger partial charge < -0.3 is 4.42 Å². The lowest BCUT2D eigenvalue weighted by Gasteiger charge is -2.12. The van der Waals surface area contributed by atoms with E-state index in [2.05, 4.69) is 109 Å². The molecule has 0 radical (unpaired) electrons. The van der Waals surface area contributed by atoms with Gasteiger partial charge in [-0.05, 0) is 35.4 Å². The molecule has 0 N–H and O–H groups in total. The predicted molar refractivity (Wildman–Crippen MR) is 162 cm³/mol. The number of hydrogen-bond donors (Lipinski definition) is 0. The third-order valence-electron chi connectivity index (χ3n) is 7.65. The highest BCUT2D eigenvalue weighted by Gasteiger charge is 2.24. The standard InChI is InChI=1S/C34H18OS2/c1-2-10-19(11-3-1)23-18-27-28(21-13-5-8-16-25(21)36-27)32-29(23)33-31(20-12-4-7-15-24(20)35-33)34-30(32)22-14-6-9-17-26(22)37-34/h1-18H. The number of benzene rings is 6. The van der Waals surface area contributed by atoms with Crippen molar-refractivity contribution >= 4 is 95.7 Å². The Kier molecular flexibility index (Phi) is 3.88. The van der Waals surface area contributed by atoms with Crippen LogP contribution in [0.2, 0.25) is 0 Å². The summed E-state index contributed by atoms with van der Waals surface area (Å²) in [5.74, 6) is 0. The number of rotatable bonds is 1. The maximum atomic E-state index is 6.78. The zero-order chi connectivity index (χ0) is 24.1. The van der Waals surface area contributed by atoms with Gasteiger partial charge in [-0.2, -0.15) is 0 Å². The van der Waals surface area contributed by atoms with Crippen LogP contribution >= 0.6 is 22.7 Å². The fraction of sp³-hybridized carbons (Fsp3) is 0. The van der Waals surface area contributed by atoms with E-state index in [0.29, 0.717) is 0 Å². The number of para-hydroxylation sites is 1. The quantitative estimate of drug-likeness (QED) is 0.216. The van der Waals surface area contributed by atoms with Crippen LogP contribution < -0.4 is 0 Å². The molecule has 6 aromatic carbocycles. The largest absolute Gasteiger partial charge is 0.455 e. The van der Waals surface area contributed by atoms with Crippen LogP contribution in [0.1, 0.15) is 0 Å². The molecule has 0 aliphatic heterocycles. The van der Waals surface area contributed by atoms with Crippen LogP contribution in [-0.4, -0.2) is 0 Å². The van der Waals surface area contributed by atoms with E-state index < -0.39 is 0 Å². The second-order valence-electron chi connectivity index (χ2n) is 9.62. The topological polar surface area (TPSA) is 13.1 Å². The third kappa shape index (κ3) is 2.58. The first-order valence-electron chi connectivity index (χ1n) is 12.4. The number of thiophene rings is 2. The summed E-state index contributed by atoms with van der Waals surface area (Å²) in [6, 6.07) is 39.4. The molecule has 0 saturated heterocycles. The van der Waals surface area contributed by atoms with Crippen molar-refractivity contribution in [3.05, 3.63) is 109 Å². The summed E-state index contributed by atoms with van der Waals surface area (Å²) in [4.78, 5) is 0. The summed E-state index contributed by atoms with van der Waals surface area (Å²) in [7, 11) is 0. The van der Waals surface area contributed by atoms with Gasteiger partial charge in [0.25, 0.3) is 0 Å². The highest BCUT2D eigenvalue weighted by molar-refractivity contribution is 7.27. The summed E-state index contributed by atoms with van der Waals surface area (Å²) in [5.41, 5.74) is 4.38. The van der Waals surface area contributed by atoms with Crippen LogP contribution in [0.25, 0.3) is 84.2 Å². The molecule has 3 heteroatoms. The Hall–Kier alpha value is -4.18. The Bertz CT molecular complexity index is 2350. The number of fused-ring (bicyclic) bond motifs is 14. The number of hydrogen-bond acceptors (Lipinski definition) is 3. The van der Waals surface area contributed by atoms with Crippen molar-refractivity contribution < 1.29 is 4.42 Å². The highest BCUT2D eigenvalue weighted by atomic mass is 32.1. The molecular weight excluding hydrogens is 489 g/mol. The Balaban J connectivity index is 1.71. The van der Waals surface area contributed by atoms with E-state index in [9.17, 15) is 0 Å². The van der Waals surface area contributed by atoms with Gasteiger partial charge in [0.15, 0.2) is 0 Å². The second-order valence-corrected chi connectivity index (χ2v) is 11.8. The minimum atomic E-state index is 0.943. The first kappa shape index (κ1) is 19.9. The van der Waals surface area contributed by atoms with Gasteiger partial charge in [-0.25, -0.2) is 0 Å². The van der Waals surface area contributed by atoms with Gasteiger partial charge in [-0.1, -0.05) is 84.9 Å². The minimum absolute atomic E-state index is 0.943. The first-order chi connectivity index (χ1) is 18.4. The SMILES string of the molecule is c1ccc(-c2cc3sc4ccccc4c3c3c2c2oc4ccccc4c2c2sc4ccccc4c23)cc1. The van der Waals surface area contributed by atoms with E-state index in [1.165, 1.54) is 73.0 Å². The van der Waals surface area contributed by atoms with Crippen LogP contribution in [0.15, 0.2) is 114 Å². The molecule has 0 amide bonds. The average Bonchev–Trinajstić information content (AvgIpc) is 3.63. The number of furan rings is 1. The molecule has 0 atom stereocenters. The lowest BCUT2D eigenvalue weighted by atomic mass is 9.90. The van der Waals surface area contributed by atoms with Gasteiger partial charge in [0.1, 0.15) is 11.2 Å². The normalized spacial score (nSPS) is 12.3. The molecule has 0 unspecified atom stereocenters. The smallest absolute Gasteiger partial charge is 0.145 e. The van der Waals surface area contributed by atoms with Gasteiger partial charge in [0, 0.05) is 61.9 Å². The van der Waals surface area contributed by atoms with E-state index >= 15 is 0 Å². The monoisotopic (exact) mass is 506 g/mol. The molecule has 0 fully saturated rings. The van der Waals surface area contributed by atoms with Crippen molar-refractivity contribution in [2.75, 3.05) is 0 Å². The van der Waals surface area contributed by atoms with Crippen molar-refractivity contribution in [3.63, 3.8) is 0 Å². The van der Waals surface area contributed by atoms with Gasteiger partial charge in [0.2, 0.25) is 0 Å². The Labute approximate surface area is 219 Å². The summed E-state index contributed by atoms with van der Waals surface area (Å²) in [5, 5.41) is 10.3. The van der Waals surface area contributed by atoms with Crippen LogP contribution in [0, 0.1) is 0 Å². The maximum Gasteiger partial charge on any atom is 0.145 e. The van der Waals surface area contributed by atoms with E-state index in [1.54, 1.807) is 0 Å². The van der Waals surface area contributed by atoms with Crippen molar-refractivity contribution in [3.8, 4) is 11.1 Å². The van der Waals surface area contributed by atoms with Crippen molar-refractivity contribution in [1.82, 2.24) is 0 Å². The van der Waals surface area contributed by atoms with Gasteiger partial charge in [-0.3, -0.25) is 0 Å². The van der Waals surface area contributed by atoms with Crippen LogP contribution in [0.3, 0.4) is 0 Å². The zero-order valence-corrected chi connectivity index (χ0v) is 21.3. The summed E-state index contributed by atoms with van der Waals surface area (Å²) in [6.45, 7) is 0. The third-order valence-corrected chi connectivity index (χ3v) is 9.95.